The molecular weight excluding hydrogens is 238 g/mol. The maximum absolute atomic E-state index is 12.1. The van der Waals surface area contributed by atoms with Crippen LogP contribution in [0.25, 0.3) is 0 Å². The van der Waals surface area contributed by atoms with E-state index in [1.54, 1.807) is 18.3 Å². The number of hydrogen-bond donors (Lipinski definition) is 2. The van der Waals surface area contributed by atoms with Crippen molar-refractivity contribution in [2.45, 2.75) is 13.5 Å². The number of hydrogen-bond acceptors (Lipinski definition) is 3. The van der Waals surface area contributed by atoms with Gasteiger partial charge in [-0.3, -0.25) is 9.78 Å². The molecule has 98 valence electrons. The minimum atomic E-state index is -0.122. The standard InChI is InChI=1S/C15H17N3O/c1-11-3-5-13(6-4-11)18-15(19)12-7-8-17-14(9-12)10-16-2/h3-9,16H,10H2,1-2H3,(H,18,19). The van der Waals surface area contributed by atoms with Gasteiger partial charge in [-0.25, -0.2) is 0 Å². The Hall–Kier alpha value is -2.20. The van der Waals surface area contributed by atoms with Crippen molar-refractivity contribution < 1.29 is 4.79 Å². The van der Waals surface area contributed by atoms with E-state index in [1.165, 1.54) is 5.56 Å². The molecule has 1 aromatic carbocycles. The summed E-state index contributed by atoms with van der Waals surface area (Å²) in [5.74, 6) is -0.122. The average molecular weight is 255 g/mol. The summed E-state index contributed by atoms with van der Waals surface area (Å²) in [6.07, 6.45) is 1.65. The predicted molar refractivity (Wildman–Crippen MR) is 76.1 cm³/mol. The first-order valence-electron chi connectivity index (χ1n) is 6.16. The smallest absolute Gasteiger partial charge is 0.255 e. The molecule has 4 heteroatoms. The third-order valence-corrected chi connectivity index (χ3v) is 2.75. The van der Waals surface area contributed by atoms with Gasteiger partial charge in [0.25, 0.3) is 5.91 Å². The maximum Gasteiger partial charge on any atom is 0.255 e. The van der Waals surface area contributed by atoms with Crippen molar-refractivity contribution in [2.24, 2.45) is 0 Å². The summed E-state index contributed by atoms with van der Waals surface area (Å²) >= 11 is 0. The number of aryl methyl sites for hydroxylation is 1. The molecule has 0 unspecified atom stereocenters. The molecule has 0 spiro atoms. The minimum Gasteiger partial charge on any atom is -0.322 e. The van der Waals surface area contributed by atoms with Gasteiger partial charge >= 0.3 is 0 Å². The van der Waals surface area contributed by atoms with Crippen LogP contribution in [0.2, 0.25) is 0 Å². The molecule has 0 aliphatic carbocycles. The Balaban J connectivity index is 2.11. The molecule has 0 saturated heterocycles. The lowest BCUT2D eigenvalue weighted by Gasteiger charge is -2.06. The molecule has 2 aromatic rings. The lowest BCUT2D eigenvalue weighted by atomic mass is 10.2. The molecule has 0 saturated carbocycles. The number of carbonyl (C=O) groups is 1. The Morgan fingerprint density at radius 1 is 1.21 bits per heavy atom. The maximum atomic E-state index is 12.1. The number of pyridine rings is 1. The fraction of sp³-hybridized carbons (Fsp3) is 0.200. The van der Waals surface area contributed by atoms with Crippen LogP contribution in [0, 0.1) is 6.92 Å². The van der Waals surface area contributed by atoms with Gasteiger partial charge in [-0.1, -0.05) is 17.7 Å². The van der Waals surface area contributed by atoms with Crippen molar-refractivity contribution in [1.82, 2.24) is 10.3 Å². The molecule has 4 nitrogen and oxygen atoms in total. The molecule has 2 N–H and O–H groups in total. The van der Waals surface area contributed by atoms with Crippen LogP contribution in [0.15, 0.2) is 42.6 Å². The van der Waals surface area contributed by atoms with Gasteiger partial charge in [0, 0.05) is 24.0 Å². The van der Waals surface area contributed by atoms with Crippen LogP contribution < -0.4 is 10.6 Å². The predicted octanol–water partition coefficient (Wildman–Crippen LogP) is 2.36. The molecule has 1 amide bonds. The average Bonchev–Trinajstić information content (AvgIpc) is 2.42. The lowest BCUT2D eigenvalue weighted by molar-refractivity contribution is 0.102. The van der Waals surface area contributed by atoms with Crippen LogP contribution in [-0.4, -0.2) is 17.9 Å². The first kappa shape index (κ1) is 13.2. The molecule has 0 aliphatic rings. The fourth-order valence-electron chi connectivity index (χ4n) is 1.74. The van der Waals surface area contributed by atoms with E-state index in [2.05, 4.69) is 15.6 Å². The highest BCUT2D eigenvalue weighted by Crippen LogP contribution is 2.11. The van der Waals surface area contributed by atoms with Gasteiger partial charge in [0.15, 0.2) is 0 Å². The highest BCUT2D eigenvalue weighted by atomic mass is 16.1. The second-order valence-electron chi connectivity index (χ2n) is 4.39. The summed E-state index contributed by atoms with van der Waals surface area (Å²) < 4.78 is 0. The highest BCUT2D eigenvalue weighted by molar-refractivity contribution is 6.04. The van der Waals surface area contributed by atoms with E-state index in [0.717, 1.165) is 11.4 Å². The number of anilines is 1. The van der Waals surface area contributed by atoms with E-state index >= 15 is 0 Å². The molecule has 0 bridgehead atoms. The molecule has 0 radical (unpaired) electrons. The molecular formula is C15H17N3O. The van der Waals surface area contributed by atoms with Gasteiger partial charge in [0.05, 0.1) is 5.69 Å². The number of aromatic nitrogens is 1. The van der Waals surface area contributed by atoms with Gasteiger partial charge in [-0.2, -0.15) is 0 Å². The van der Waals surface area contributed by atoms with Gasteiger partial charge in [0.1, 0.15) is 0 Å². The zero-order valence-corrected chi connectivity index (χ0v) is 11.1. The summed E-state index contributed by atoms with van der Waals surface area (Å²) in [5.41, 5.74) is 3.42. The van der Waals surface area contributed by atoms with Crippen LogP contribution >= 0.6 is 0 Å². The minimum absolute atomic E-state index is 0.122. The summed E-state index contributed by atoms with van der Waals surface area (Å²) in [6.45, 7) is 2.66. The Labute approximate surface area is 112 Å². The van der Waals surface area contributed by atoms with Crippen molar-refractivity contribution in [3.63, 3.8) is 0 Å². The zero-order valence-electron chi connectivity index (χ0n) is 11.1. The van der Waals surface area contributed by atoms with Gasteiger partial charge in [-0.15, -0.1) is 0 Å². The molecule has 1 aromatic heterocycles. The second-order valence-corrected chi connectivity index (χ2v) is 4.39. The van der Waals surface area contributed by atoms with Crippen LogP contribution in [-0.2, 0) is 6.54 Å². The first-order valence-corrected chi connectivity index (χ1v) is 6.16. The molecule has 19 heavy (non-hydrogen) atoms. The number of nitrogens with zero attached hydrogens (tertiary/aromatic N) is 1. The molecule has 0 fully saturated rings. The third-order valence-electron chi connectivity index (χ3n) is 2.75. The molecule has 1 heterocycles. The lowest BCUT2D eigenvalue weighted by Crippen LogP contribution is -2.14. The number of benzene rings is 1. The van der Waals surface area contributed by atoms with Gasteiger partial charge in [-0.05, 0) is 38.2 Å². The highest BCUT2D eigenvalue weighted by Gasteiger charge is 2.07. The number of carbonyl (C=O) groups excluding carboxylic acids is 1. The van der Waals surface area contributed by atoms with Crippen molar-refractivity contribution in [2.75, 3.05) is 12.4 Å². The van der Waals surface area contributed by atoms with Crippen molar-refractivity contribution in [3.8, 4) is 0 Å². The quantitative estimate of drug-likeness (QED) is 0.881. The first-order chi connectivity index (χ1) is 9.19. The van der Waals surface area contributed by atoms with Crippen molar-refractivity contribution >= 4 is 11.6 Å². The van der Waals surface area contributed by atoms with Gasteiger partial charge < -0.3 is 10.6 Å². The zero-order chi connectivity index (χ0) is 13.7. The van der Waals surface area contributed by atoms with E-state index in [-0.39, 0.29) is 5.91 Å². The normalized spacial score (nSPS) is 10.2. The van der Waals surface area contributed by atoms with E-state index in [0.29, 0.717) is 12.1 Å². The third kappa shape index (κ3) is 3.63. The second kappa shape index (κ2) is 6.11. The Morgan fingerprint density at radius 3 is 2.63 bits per heavy atom. The summed E-state index contributed by atoms with van der Waals surface area (Å²) in [7, 11) is 1.85. The van der Waals surface area contributed by atoms with Gasteiger partial charge in [0.2, 0.25) is 0 Å². The number of nitrogens with one attached hydrogen (secondary N) is 2. The van der Waals surface area contributed by atoms with E-state index in [1.807, 2.05) is 38.2 Å². The fourth-order valence-corrected chi connectivity index (χ4v) is 1.74. The van der Waals surface area contributed by atoms with Crippen LogP contribution in [0.3, 0.4) is 0 Å². The molecule has 0 atom stereocenters. The van der Waals surface area contributed by atoms with Crippen molar-refractivity contribution in [1.29, 1.82) is 0 Å². The monoisotopic (exact) mass is 255 g/mol. The van der Waals surface area contributed by atoms with Crippen LogP contribution in [0.1, 0.15) is 21.6 Å². The Kier molecular flexibility index (Phi) is 4.26. The van der Waals surface area contributed by atoms with Crippen LogP contribution in [0.5, 0.6) is 0 Å². The number of rotatable bonds is 4. The SMILES string of the molecule is CNCc1cc(C(=O)Nc2ccc(C)cc2)ccn1. The van der Waals surface area contributed by atoms with E-state index in [9.17, 15) is 4.79 Å². The van der Waals surface area contributed by atoms with E-state index < -0.39 is 0 Å². The number of amides is 1. The topological polar surface area (TPSA) is 54.0 Å². The summed E-state index contributed by atoms with van der Waals surface area (Å²) in [5, 5.41) is 5.88. The van der Waals surface area contributed by atoms with Crippen molar-refractivity contribution in [3.05, 3.63) is 59.4 Å². The molecule has 0 aliphatic heterocycles. The van der Waals surface area contributed by atoms with Crippen LogP contribution in [0.4, 0.5) is 5.69 Å². The Morgan fingerprint density at radius 2 is 1.95 bits per heavy atom. The summed E-state index contributed by atoms with van der Waals surface area (Å²) in [6, 6.07) is 11.2. The Bertz CT molecular complexity index is 564. The largest absolute Gasteiger partial charge is 0.322 e. The summed E-state index contributed by atoms with van der Waals surface area (Å²) in [4.78, 5) is 16.3. The molecule has 2 rings (SSSR count). The van der Waals surface area contributed by atoms with E-state index in [4.69, 9.17) is 0 Å².